The first-order chi connectivity index (χ1) is 23.2. The number of nitrogens with zero attached hydrogens (tertiary/aromatic N) is 2. The zero-order chi connectivity index (χ0) is 37.0. The van der Waals surface area contributed by atoms with Crippen molar-refractivity contribution in [2.75, 3.05) is 20.6 Å². The lowest BCUT2D eigenvalue weighted by molar-refractivity contribution is -0.145. The highest BCUT2D eigenvalue weighted by atomic mass is 32.2. The Morgan fingerprint density at radius 2 is 1.56 bits per heavy atom. The van der Waals surface area contributed by atoms with Crippen LogP contribution in [0.25, 0.3) is 0 Å². The third-order valence-corrected chi connectivity index (χ3v) is 14.7. The zero-order valence-corrected chi connectivity index (χ0v) is 32.1. The fourth-order valence-corrected chi connectivity index (χ4v) is 9.91. The Morgan fingerprint density at radius 1 is 0.940 bits per heavy atom. The molecule has 6 atom stereocenters. The molecular formula is C36H60N6O7S. The number of nitrogens with one attached hydrogen (secondary N) is 4. The molecule has 1 saturated heterocycles. The second kappa shape index (κ2) is 14.0. The molecule has 14 heteroatoms. The van der Waals surface area contributed by atoms with E-state index < -0.39 is 73.9 Å². The van der Waals surface area contributed by atoms with Gasteiger partial charge >= 0.3 is 6.03 Å². The lowest BCUT2D eigenvalue weighted by Gasteiger charge is -2.44. The largest absolute Gasteiger partial charge is 0.347 e. The van der Waals surface area contributed by atoms with Gasteiger partial charge in [-0.2, -0.15) is 0 Å². The highest BCUT2D eigenvalue weighted by Gasteiger charge is 2.70. The molecule has 0 aromatic heterocycles. The maximum absolute atomic E-state index is 14.5. The van der Waals surface area contributed by atoms with E-state index in [1.54, 1.807) is 11.8 Å². The van der Waals surface area contributed by atoms with Gasteiger partial charge in [0.15, 0.2) is 0 Å². The summed E-state index contributed by atoms with van der Waals surface area (Å²) >= 11 is 0. The number of carbonyl (C=O) groups excluding carboxylic acids is 5. The van der Waals surface area contributed by atoms with E-state index in [-0.39, 0.29) is 23.3 Å². The van der Waals surface area contributed by atoms with Crippen LogP contribution in [0.5, 0.6) is 0 Å². The number of hydrogen-bond acceptors (Lipinski definition) is 7. The van der Waals surface area contributed by atoms with Gasteiger partial charge in [0.2, 0.25) is 27.6 Å². The predicted molar refractivity (Wildman–Crippen MR) is 189 cm³/mol. The molecule has 5 rings (SSSR count). The third-order valence-electron chi connectivity index (χ3n) is 12.3. The number of carbonyl (C=O) groups is 5. The first-order valence-electron chi connectivity index (χ1n) is 18.7. The van der Waals surface area contributed by atoms with Gasteiger partial charge in [0.1, 0.15) is 12.1 Å². The number of amides is 5. The smallest absolute Gasteiger partial charge is 0.315 e. The lowest BCUT2D eigenvalue weighted by atomic mass is 9.79. The minimum absolute atomic E-state index is 0.00909. The summed E-state index contributed by atoms with van der Waals surface area (Å²) in [4.78, 5) is 70.2. The minimum atomic E-state index is -3.70. The van der Waals surface area contributed by atoms with Crippen molar-refractivity contribution < 1.29 is 32.4 Å². The molecule has 282 valence electrons. The molecule has 5 aliphatic rings. The zero-order valence-electron chi connectivity index (χ0n) is 31.3. The van der Waals surface area contributed by atoms with Gasteiger partial charge in [-0.3, -0.25) is 19.2 Å². The highest BCUT2D eigenvalue weighted by Crippen LogP contribution is 2.65. The van der Waals surface area contributed by atoms with Crippen LogP contribution in [0.1, 0.15) is 112 Å². The van der Waals surface area contributed by atoms with E-state index in [0.717, 1.165) is 51.4 Å². The van der Waals surface area contributed by atoms with Gasteiger partial charge in [0, 0.05) is 26.7 Å². The molecule has 50 heavy (non-hydrogen) atoms. The van der Waals surface area contributed by atoms with Gasteiger partial charge in [-0.05, 0) is 74.0 Å². The summed E-state index contributed by atoms with van der Waals surface area (Å²) in [5.74, 6) is -1.76. The number of piperidine rings is 1. The molecule has 0 bridgehead atoms. The fraction of sp³-hybridized carbons (Fsp3) is 0.861. The van der Waals surface area contributed by atoms with Crippen LogP contribution in [-0.4, -0.2) is 103 Å². The molecule has 1 heterocycles. The normalized spacial score (nSPS) is 27.4. The molecule has 13 nitrogen and oxygen atoms in total. The average molecular weight is 721 g/mol. The second-order valence-corrected chi connectivity index (χ2v) is 20.1. The van der Waals surface area contributed by atoms with Gasteiger partial charge in [-0.1, -0.05) is 66.7 Å². The van der Waals surface area contributed by atoms with E-state index in [1.165, 1.54) is 18.4 Å². The molecule has 1 aliphatic heterocycles. The Kier molecular flexibility index (Phi) is 10.8. The van der Waals surface area contributed by atoms with E-state index in [4.69, 9.17) is 0 Å². The van der Waals surface area contributed by atoms with Crippen LogP contribution < -0.4 is 21.3 Å². The quantitative estimate of drug-likeness (QED) is 0.200. The number of ketones is 1. The Morgan fingerprint density at radius 3 is 2.10 bits per heavy atom. The van der Waals surface area contributed by atoms with Crippen LogP contribution in [0.15, 0.2) is 0 Å². The second-order valence-electron chi connectivity index (χ2n) is 17.7. The van der Waals surface area contributed by atoms with Gasteiger partial charge in [-0.15, -0.1) is 0 Å². The van der Waals surface area contributed by atoms with Crippen molar-refractivity contribution in [3.63, 3.8) is 0 Å². The van der Waals surface area contributed by atoms with E-state index >= 15 is 0 Å². The van der Waals surface area contributed by atoms with Crippen LogP contribution in [-0.2, 0) is 29.2 Å². The molecule has 0 aromatic rings. The molecule has 0 aromatic carbocycles. The minimum Gasteiger partial charge on any atom is -0.347 e. The summed E-state index contributed by atoms with van der Waals surface area (Å²) < 4.78 is 27.7. The van der Waals surface area contributed by atoms with Gasteiger partial charge in [-0.25, -0.2) is 17.5 Å². The number of sulfonamides is 1. The summed E-state index contributed by atoms with van der Waals surface area (Å²) in [5.41, 5.74) is -1.96. The molecule has 0 radical (unpaired) electrons. The predicted octanol–water partition coefficient (Wildman–Crippen LogP) is 2.69. The Hall–Kier alpha value is -2.74. The van der Waals surface area contributed by atoms with Crippen molar-refractivity contribution in [2.24, 2.45) is 28.6 Å². The van der Waals surface area contributed by atoms with Crippen molar-refractivity contribution in [1.82, 2.24) is 30.5 Å². The van der Waals surface area contributed by atoms with Crippen molar-refractivity contribution in [2.45, 2.75) is 147 Å². The topological polar surface area (TPSA) is 174 Å². The molecular weight excluding hydrogens is 660 g/mol. The molecule has 0 spiro atoms. The van der Waals surface area contributed by atoms with Crippen molar-refractivity contribution in [3.05, 3.63) is 0 Å². The Balaban J connectivity index is 1.34. The summed E-state index contributed by atoms with van der Waals surface area (Å²) in [6, 6.07) is -3.49. The van der Waals surface area contributed by atoms with Crippen molar-refractivity contribution in [3.8, 4) is 0 Å². The van der Waals surface area contributed by atoms with Gasteiger partial charge in [0.05, 0.1) is 16.8 Å². The number of fused-ring (bicyclic) bond motifs is 1. The third kappa shape index (κ3) is 8.00. The Labute approximate surface area is 298 Å². The van der Waals surface area contributed by atoms with Crippen molar-refractivity contribution >= 4 is 39.6 Å². The first-order valence-corrected chi connectivity index (χ1v) is 20.2. The van der Waals surface area contributed by atoms with Crippen LogP contribution >= 0.6 is 0 Å². The van der Waals surface area contributed by atoms with Gasteiger partial charge in [0.25, 0.3) is 5.91 Å². The monoisotopic (exact) mass is 720 g/mol. The van der Waals surface area contributed by atoms with Gasteiger partial charge < -0.3 is 26.2 Å². The van der Waals surface area contributed by atoms with E-state index in [1.807, 2.05) is 20.8 Å². The van der Waals surface area contributed by atoms with Crippen molar-refractivity contribution in [1.29, 1.82) is 0 Å². The van der Waals surface area contributed by atoms with Crippen LogP contribution in [0.4, 0.5) is 4.79 Å². The molecule has 4 saturated carbocycles. The molecule has 4 aliphatic carbocycles. The number of Topliss-reactive ketones (excluding diaryl/α,β-unsaturated/α-hetero) is 1. The lowest BCUT2D eigenvalue weighted by Crippen LogP contribution is -2.65. The average Bonchev–Trinajstić information content (AvgIpc) is 4.00. The number of rotatable bonds is 14. The molecule has 0 unspecified atom stereocenters. The first kappa shape index (κ1) is 38.5. The molecule has 5 amide bonds. The maximum atomic E-state index is 14.5. The highest BCUT2D eigenvalue weighted by molar-refractivity contribution is 7.89. The fourth-order valence-electron chi connectivity index (χ4n) is 8.42. The molecule has 4 N–H and O–H groups in total. The van der Waals surface area contributed by atoms with Crippen LogP contribution in [0.2, 0.25) is 0 Å². The number of likely N-dealkylation sites (tertiary alicyclic amines) is 1. The SMILES string of the molecule is C[C@@H](C1(NC(=O)N[C@H](C(=O)N2C[C@H]3[C@@H]([C@H]2C(=O)N[C@@H](CCC2CC2)C(=O)C(=O)NC2CC2)C3(C)C)C(C)(C)C)CCCCC1)S(=O)(=O)N(C)C. The van der Waals surface area contributed by atoms with E-state index in [0.29, 0.717) is 31.7 Å². The number of urea groups is 1. The van der Waals surface area contributed by atoms with E-state index in [9.17, 15) is 32.4 Å². The summed E-state index contributed by atoms with van der Waals surface area (Å²) in [6.07, 6.45) is 8.40. The van der Waals surface area contributed by atoms with Crippen LogP contribution in [0.3, 0.4) is 0 Å². The summed E-state index contributed by atoms with van der Waals surface area (Å²) in [5, 5.41) is 10.7. The summed E-state index contributed by atoms with van der Waals surface area (Å²) in [7, 11) is -0.733. The standard InChI is InChI=1S/C36H60N6O7S/c1-21(50(48,49)41(7)8)36(18-10-9-11-19-36)40-33(47)39-29(34(2,3)4)32(46)42-20-24-26(35(24,5)6)27(42)30(44)38-25(17-14-22-12-13-22)28(43)31(45)37-23-15-16-23/h21-27,29H,9-20H2,1-8H3,(H,37,45)(H,38,44)(H2,39,40,47)/t21-,24-,25-,26-,27-,29+/m0/s1. The number of hydrogen-bond donors (Lipinski definition) is 4. The summed E-state index contributed by atoms with van der Waals surface area (Å²) in [6.45, 7) is 11.6. The Bertz CT molecular complexity index is 1460. The molecule has 5 fully saturated rings. The van der Waals surface area contributed by atoms with Crippen LogP contribution in [0, 0.1) is 28.6 Å². The maximum Gasteiger partial charge on any atom is 0.315 e. The van der Waals surface area contributed by atoms with E-state index in [2.05, 4.69) is 35.1 Å².